The Kier molecular flexibility index (Phi) is 7.15. The van der Waals surface area contributed by atoms with Gasteiger partial charge in [0, 0.05) is 17.6 Å². The number of hydrogen-bond acceptors (Lipinski definition) is 4. The highest BCUT2D eigenvalue weighted by Gasteiger charge is 2.30. The van der Waals surface area contributed by atoms with Crippen molar-refractivity contribution in [1.29, 1.82) is 0 Å². The summed E-state index contributed by atoms with van der Waals surface area (Å²) in [6, 6.07) is 8.84. The van der Waals surface area contributed by atoms with E-state index in [1.54, 1.807) is 24.1 Å². The van der Waals surface area contributed by atoms with Crippen molar-refractivity contribution in [2.45, 2.75) is 19.8 Å². The van der Waals surface area contributed by atoms with Crippen LogP contribution in [0.4, 0.5) is 18.9 Å². The lowest BCUT2D eigenvalue weighted by Crippen LogP contribution is -2.30. The summed E-state index contributed by atoms with van der Waals surface area (Å²) in [6.07, 6.45) is -4.72. The maximum atomic E-state index is 12.3. The molecule has 1 N–H and O–H groups in total. The highest BCUT2D eigenvalue weighted by atomic mass is 35.5. The fourth-order valence-corrected chi connectivity index (χ4v) is 2.68. The molecule has 0 atom stereocenters. The first-order valence-corrected chi connectivity index (χ1v) is 8.62. The van der Waals surface area contributed by atoms with E-state index in [1.165, 1.54) is 31.4 Å². The molecule has 152 valence electrons. The molecule has 9 heteroatoms. The number of hydrogen-bond donors (Lipinski definition) is 1. The molecule has 0 saturated carbocycles. The fourth-order valence-electron chi connectivity index (χ4n) is 2.53. The number of nitrogens with one attached hydrogen (secondary N) is 1. The van der Waals surface area contributed by atoms with Gasteiger partial charge in [-0.1, -0.05) is 23.7 Å². The maximum absolute atomic E-state index is 12.3. The number of halogens is 4. The minimum absolute atomic E-state index is 0.0750. The van der Waals surface area contributed by atoms with E-state index in [0.717, 1.165) is 11.1 Å². The molecule has 2 rings (SSSR count). The average Bonchev–Trinajstić information content (AvgIpc) is 2.58. The largest absolute Gasteiger partial charge is 0.573 e. The molecule has 0 aromatic heterocycles. The number of carbonyl (C=O) groups is 1. The van der Waals surface area contributed by atoms with Crippen LogP contribution in [0.25, 0.3) is 0 Å². The van der Waals surface area contributed by atoms with Gasteiger partial charge in [0.25, 0.3) is 0 Å². The molecule has 0 unspecified atom stereocenters. The molecule has 28 heavy (non-hydrogen) atoms. The summed E-state index contributed by atoms with van der Waals surface area (Å²) in [4.78, 5) is 14.0. The highest BCUT2D eigenvalue weighted by molar-refractivity contribution is 6.31. The summed E-state index contributed by atoms with van der Waals surface area (Å²) in [7, 11) is 3.21. The maximum Gasteiger partial charge on any atom is 0.573 e. The summed E-state index contributed by atoms with van der Waals surface area (Å²) in [5, 5.41) is 3.30. The monoisotopic (exact) mass is 416 g/mol. The normalized spacial score (nSPS) is 11.4. The predicted octanol–water partition coefficient (Wildman–Crippen LogP) is 4.63. The third-order valence-electron chi connectivity index (χ3n) is 3.78. The quantitative estimate of drug-likeness (QED) is 0.715. The Morgan fingerprint density at radius 3 is 2.43 bits per heavy atom. The molecule has 0 spiro atoms. The van der Waals surface area contributed by atoms with Gasteiger partial charge in [0.15, 0.2) is 0 Å². The average molecular weight is 417 g/mol. The third kappa shape index (κ3) is 6.61. The summed E-state index contributed by atoms with van der Waals surface area (Å²) in [5.41, 5.74) is 2.05. The number of nitrogens with zero attached hydrogens (tertiary/aromatic N) is 1. The van der Waals surface area contributed by atoms with E-state index in [9.17, 15) is 18.0 Å². The van der Waals surface area contributed by atoms with Crippen molar-refractivity contribution in [2.24, 2.45) is 0 Å². The minimum atomic E-state index is -4.72. The zero-order chi connectivity index (χ0) is 20.9. The second-order valence-electron chi connectivity index (χ2n) is 6.21. The molecule has 2 aromatic rings. The van der Waals surface area contributed by atoms with Gasteiger partial charge in [0.2, 0.25) is 5.91 Å². The van der Waals surface area contributed by atoms with Gasteiger partial charge in [0.05, 0.1) is 19.3 Å². The van der Waals surface area contributed by atoms with Crippen molar-refractivity contribution in [2.75, 3.05) is 26.0 Å². The number of rotatable bonds is 7. The number of methoxy groups -OCH3 is 1. The number of alkyl halides is 3. The van der Waals surface area contributed by atoms with Gasteiger partial charge in [-0.2, -0.15) is 0 Å². The number of ether oxygens (including phenoxy) is 2. The molecule has 0 fully saturated rings. The fraction of sp³-hybridized carbons (Fsp3) is 0.316. The molecule has 0 aliphatic rings. The van der Waals surface area contributed by atoms with E-state index in [4.69, 9.17) is 16.3 Å². The highest BCUT2D eigenvalue weighted by Crippen LogP contribution is 2.31. The van der Waals surface area contributed by atoms with Gasteiger partial charge in [-0.25, -0.2) is 0 Å². The molecular weight excluding hydrogens is 397 g/mol. The number of aryl methyl sites for hydroxylation is 1. The lowest BCUT2D eigenvalue weighted by molar-refractivity contribution is -0.274. The first-order chi connectivity index (χ1) is 13.1. The summed E-state index contributed by atoms with van der Waals surface area (Å²) < 4.78 is 45.6. The molecule has 2 aromatic carbocycles. The summed E-state index contributed by atoms with van der Waals surface area (Å²) in [6.45, 7) is 2.26. The Labute approximate surface area is 166 Å². The Hall–Kier alpha value is -2.45. The Morgan fingerprint density at radius 1 is 1.21 bits per heavy atom. The van der Waals surface area contributed by atoms with Crippen molar-refractivity contribution in [3.63, 3.8) is 0 Å². The predicted molar refractivity (Wildman–Crippen MR) is 101 cm³/mol. The molecule has 1 amide bonds. The molecule has 0 bridgehead atoms. The van der Waals surface area contributed by atoms with Crippen LogP contribution in [0.3, 0.4) is 0 Å². The summed E-state index contributed by atoms with van der Waals surface area (Å²) >= 11 is 6.05. The van der Waals surface area contributed by atoms with E-state index >= 15 is 0 Å². The molecule has 0 heterocycles. The lowest BCUT2D eigenvalue weighted by Gasteiger charge is -2.18. The lowest BCUT2D eigenvalue weighted by atomic mass is 10.2. The van der Waals surface area contributed by atoms with Gasteiger partial charge in [-0.15, -0.1) is 13.2 Å². The van der Waals surface area contributed by atoms with Crippen LogP contribution < -0.4 is 14.8 Å². The van der Waals surface area contributed by atoms with Crippen molar-refractivity contribution in [1.82, 2.24) is 4.90 Å². The number of anilines is 1. The van der Waals surface area contributed by atoms with Crippen LogP contribution in [0.5, 0.6) is 11.5 Å². The van der Waals surface area contributed by atoms with Gasteiger partial charge in [-0.05, 0) is 43.3 Å². The molecule has 0 aliphatic carbocycles. The minimum Gasteiger partial charge on any atom is -0.495 e. The van der Waals surface area contributed by atoms with Crippen LogP contribution >= 0.6 is 11.6 Å². The molecular formula is C19H20ClF3N2O3. The number of carbonyl (C=O) groups excluding carboxylic acids is 1. The van der Waals surface area contributed by atoms with E-state index in [2.05, 4.69) is 10.1 Å². The standard InChI is InChI=1S/C19H20ClF3N2O3/c1-12-8-16(17(27-3)9-15(12)20)24-18(26)11-25(2)10-13-4-6-14(7-5-13)28-19(21,22)23/h4-9H,10-11H2,1-3H3,(H,24,26). The second-order valence-corrected chi connectivity index (χ2v) is 6.62. The molecule has 0 aliphatic heterocycles. The number of amides is 1. The Bertz CT molecular complexity index is 826. The van der Waals surface area contributed by atoms with Gasteiger partial charge >= 0.3 is 6.36 Å². The Morgan fingerprint density at radius 2 is 1.86 bits per heavy atom. The van der Waals surface area contributed by atoms with Gasteiger partial charge in [-0.3, -0.25) is 9.69 Å². The van der Waals surface area contributed by atoms with Crippen LogP contribution in [-0.2, 0) is 11.3 Å². The van der Waals surface area contributed by atoms with Crippen molar-refractivity contribution >= 4 is 23.2 Å². The summed E-state index contributed by atoms with van der Waals surface area (Å²) in [5.74, 6) is -0.103. The smallest absolute Gasteiger partial charge is 0.495 e. The van der Waals surface area contributed by atoms with Crippen molar-refractivity contribution in [3.8, 4) is 11.5 Å². The number of likely N-dealkylation sites (N-methyl/N-ethyl adjacent to an activating group) is 1. The SMILES string of the molecule is COc1cc(Cl)c(C)cc1NC(=O)CN(C)Cc1ccc(OC(F)(F)F)cc1. The van der Waals surface area contributed by atoms with E-state index in [-0.39, 0.29) is 18.2 Å². The first kappa shape index (κ1) is 21.8. The van der Waals surface area contributed by atoms with Crippen LogP contribution in [0, 0.1) is 6.92 Å². The Balaban J connectivity index is 1.93. The molecule has 5 nitrogen and oxygen atoms in total. The topological polar surface area (TPSA) is 50.8 Å². The van der Waals surface area contributed by atoms with Gasteiger partial charge in [0.1, 0.15) is 11.5 Å². The van der Waals surface area contributed by atoms with Crippen LogP contribution in [0.1, 0.15) is 11.1 Å². The van der Waals surface area contributed by atoms with Crippen molar-refractivity contribution < 1.29 is 27.4 Å². The van der Waals surface area contributed by atoms with Crippen molar-refractivity contribution in [3.05, 3.63) is 52.5 Å². The first-order valence-electron chi connectivity index (χ1n) is 8.24. The molecule has 0 saturated heterocycles. The van der Waals surface area contributed by atoms with Gasteiger partial charge < -0.3 is 14.8 Å². The van der Waals surface area contributed by atoms with Crippen LogP contribution in [0.15, 0.2) is 36.4 Å². The second kappa shape index (κ2) is 9.16. The molecule has 0 radical (unpaired) electrons. The van der Waals surface area contributed by atoms with E-state index < -0.39 is 6.36 Å². The van der Waals surface area contributed by atoms with Crippen LogP contribution in [-0.4, -0.2) is 37.9 Å². The van der Waals surface area contributed by atoms with E-state index in [0.29, 0.717) is 23.0 Å². The number of benzene rings is 2. The zero-order valence-electron chi connectivity index (χ0n) is 15.6. The van der Waals surface area contributed by atoms with E-state index in [1.807, 2.05) is 6.92 Å². The third-order valence-corrected chi connectivity index (χ3v) is 4.18. The van der Waals surface area contributed by atoms with Crippen LogP contribution in [0.2, 0.25) is 5.02 Å². The zero-order valence-corrected chi connectivity index (χ0v) is 16.3.